The Balaban J connectivity index is 1.56. The summed E-state index contributed by atoms with van der Waals surface area (Å²) in [5.41, 5.74) is 1.88. The van der Waals surface area contributed by atoms with Crippen molar-refractivity contribution < 1.29 is 4.79 Å². The maximum atomic E-state index is 12.2. The van der Waals surface area contributed by atoms with E-state index < -0.39 is 0 Å². The van der Waals surface area contributed by atoms with E-state index in [1.165, 1.54) is 18.4 Å². The molecule has 23 heavy (non-hydrogen) atoms. The summed E-state index contributed by atoms with van der Waals surface area (Å²) in [5.74, 6) is -0.00498. The van der Waals surface area contributed by atoms with Crippen molar-refractivity contribution in [3.63, 3.8) is 0 Å². The first-order chi connectivity index (χ1) is 11.2. The van der Waals surface area contributed by atoms with Crippen molar-refractivity contribution >= 4 is 23.2 Å². The van der Waals surface area contributed by atoms with Crippen molar-refractivity contribution in [2.45, 2.75) is 31.7 Å². The van der Waals surface area contributed by atoms with E-state index in [1.807, 2.05) is 30.6 Å². The van der Waals surface area contributed by atoms with Gasteiger partial charge in [-0.2, -0.15) is 5.10 Å². The van der Waals surface area contributed by atoms with Crippen molar-refractivity contribution in [3.05, 3.63) is 47.2 Å². The van der Waals surface area contributed by atoms with Gasteiger partial charge in [-0.15, -0.1) is 0 Å². The summed E-state index contributed by atoms with van der Waals surface area (Å²) in [6.45, 7) is 1.77. The van der Waals surface area contributed by atoms with E-state index >= 15 is 0 Å². The normalized spacial score (nSPS) is 18.7. The fourth-order valence-electron chi connectivity index (χ4n) is 3.10. The van der Waals surface area contributed by atoms with Crippen molar-refractivity contribution in [3.8, 4) is 0 Å². The number of aromatic amines is 1. The Kier molecular flexibility index (Phi) is 5.31. The molecule has 1 aromatic carbocycles. The summed E-state index contributed by atoms with van der Waals surface area (Å²) >= 11 is 6.07. The van der Waals surface area contributed by atoms with Crippen LogP contribution in [0.5, 0.6) is 0 Å². The summed E-state index contributed by atoms with van der Waals surface area (Å²) in [7, 11) is 0. The van der Waals surface area contributed by atoms with Crippen LogP contribution >= 0.6 is 11.6 Å². The maximum absolute atomic E-state index is 12.2. The zero-order valence-electron chi connectivity index (χ0n) is 13.0. The van der Waals surface area contributed by atoms with Crippen LogP contribution in [0.1, 0.15) is 37.3 Å². The van der Waals surface area contributed by atoms with Gasteiger partial charge >= 0.3 is 0 Å². The van der Waals surface area contributed by atoms with Crippen molar-refractivity contribution in [2.75, 3.05) is 18.4 Å². The molecule has 1 aromatic heterocycles. The molecule has 0 spiro atoms. The molecule has 122 valence electrons. The van der Waals surface area contributed by atoms with Crippen molar-refractivity contribution in [2.24, 2.45) is 0 Å². The third-order valence-corrected chi connectivity index (χ3v) is 4.62. The van der Waals surface area contributed by atoms with Crippen LogP contribution in [-0.2, 0) is 4.79 Å². The summed E-state index contributed by atoms with van der Waals surface area (Å²) in [6.07, 6.45) is 7.81. The number of piperidine rings is 1. The third-order valence-electron chi connectivity index (χ3n) is 4.29. The highest BCUT2D eigenvalue weighted by atomic mass is 35.5. The Hall–Kier alpha value is -1.85. The predicted molar refractivity (Wildman–Crippen MR) is 91.5 cm³/mol. The lowest BCUT2D eigenvalue weighted by Gasteiger charge is -2.35. The number of rotatable bonds is 5. The molecule has 0 aliphatic carbocycles. The van der Waals surface area contributed by atoms with Gasteiger partial charge in [-0.05, 0) is 31.5 Å². The molecular formula is C17H21ClN4O. The van der Waals surface area contributed by atoms with Crippen LogP contribution in [-0.4, -0.2) is 34.1 Å². The van der Waals surface area contributed by atoms with E-state index in [2.05, 4.69) is 20.4 Å². The lowest BCUT2D eigenvalue weighted by atomic mass is 9.97. The number of H-pyrrole nitrogens is 1. The molecule has 0 radical (unpaired) electrons. The van der Waals surface area contributed by atoms with Gasteiger partial charge in [-0.3, -0.25) is 14.8 Å². The minimum Gasteiger partial charge on any atom is -0.325 e. The first-order valence-electron chi connectivity index (χ1n) is 8.01. The van der Waals surface area contributed by atoms with Crippen LogP contribution in [0.2, 0.25) is 5.02 Å². The van der Waals surface area contributed by atoms with Gasteiger partial charge in [-0.1, -0.05) is 30.2 Å². The highest BCUT2D eigenvalue weighted by molar-refractivity contribution is 6.33. The number of hydrogen-bond donors (Lipinski definition) is 2. The van der Waals surface area contributed by atoms with Crippen LogP contribution < -0.4 is 5.32 Å². The van der Waals surface area contributed by atoms with Gasteiger partial charge in [-0.25, -0.2) is 0 Å². The van der Waals surface area contributed by atoms with E-state index in [4.69, 9.17) is 11.6 Å². The van der Waals surface area contributed by atoms with Crippen LogP contribution in [0.25, 0.3) is 0 Å². The van der Waals surface area contributed by atoms with E-state index in [9.17, 15) is 4.79 Å². The second kappa shape index (κ2) is 7.62. The standard InChI is InChI=1S/C17H21ClN4O/c18-14-5-1-2-6-15(14)21-17(23)8-10-22-9-4-3-7-16(22)13-11-19-20-12-13/h1-2,5-6,11-12,16H,3-4,7-10H2,(H,19,20)(H,21,23)/t16-/m0/s1. The predicted octanol–water partition coefficient (Wildman–Crippen LogP) is 3.62. The number of hydrogen-bond acceptors (Lipinski definition) is 3. The largest absolute Gasteiger partial charge is 0.325 e. The van der Waals surface area contributed by atoms with E-state index in [0.717, 1.165) is 19.5 Å². The molecular weight excluding hydrogens is 312 g/mol. The zero-order valence-corrected chi connectivity index (χ0v) is 13.7. The van der Waals surface area contributed by atoms with Crippen LogP contribution in [0.15, 0.2) is 36.7 Å². The van der Waals surface area contributed by atoms with Crippen molar-refractivity contribution in [1.29, 1.82) is 0 Å². The van der Waals surface area contributed by atoms with Gasteiger partial charge in [0.25, 0.3) is 0 Å². The number of likely N-dealkylation sites (tertiary alicyclic amines) is 1. The number of halogens is 1. The fourth-order valence-corrected chi connectivity index (χ4v) is 3.28. The van der Waals surface area contributed by atoms with Crippen LogP contribution in [0.4, 0.5) is 5.69 Å². The SMILES string of the molecule is O=C(CCN1CCCC[C@H]1c1cn[nH]c1)Nc1ccccc1Cl. The summed E-state index contributed by atoms with van der Waals surface area (Å²) in [4.78, 5) is 14.6. The van der Waals surface area contributed by atoms with Crippen molar-refractivity contribution in [1.82, 2.24) is 15.1 Å². The molecule has 5 nitrogen and oxygen atoms in total. The molecule has 1 aliphatic rings. The van der Waals surface area contributed by atoms with Gasteiger partial charge in [0, 0.05) is 30.8 Å². The Morgan fingerprint density at radius 3 is 3.04 bits per heavy atom. The molecule has 0 unspecified atom stereocenters. The molecule has 1 fully saturated rings. The summed E-state index contributed by atoms with van der Waals surface area (Å²) < 4.78 is 0. The molecule has 1 amide bonds. The Labute approximate surface area is 141 Å². The lowest BCUT2D eigenvalue weighted by Crippen LogP contribution is -2.35. The number of benzene rings is 1. The van der Waals surface area contributed by atoms with Gasteiger partial charge < -0.3 is 5.32 Å². The second-order valence-electron chi connectivity index (χ2n) is 5.86. The maximum Gasteiger partial charge on any atom is 0.225 e. The quantitative estimate of drug-likeness (QED) is 0.879. The Bertz CT molecular complexity index is 644. The van der Waals surface area contributed by atoms with E-state index in [0.29, 0.717) is 23.2 Å². The second-order valence-corrected chi connectivity index (χ2v) is 6.26. The Morgan fingerprint density at radius 2 is 2.26 bits per heavy atom. The molecule has 1 atom stereocenters. The highest BCUT2D eigenvalue weighted by Crippen LogP contribution is 2.30. The fraction of sp³-hybridized carbons (Fsp3) is 0.412. The van der Waals surface area contributed by atoms with Crippen LogP contribution in [0.3, 0.4) is 0 Å². The van der Waals surface area contributed by atoms with Gasteiger partial charge in [0.15, 0.2) is 0 Å². The lowest BCUT2D eigenvalue weighted by molar-refractivity contribution is -0.116. The number of carbonyl (C=O) groups excluding carboxylic acids is 1. The minimum atomic E-state index is -0.00498. The van der Waals surface area contributed by atoms with E-state index in [-0.39, 0.29) is 5.91 Å². The molecule has 2 heterocycles. The molecule has 2 aromatic rings. The first kappa shape index (κ1) is 16.0. The monoisotopic (exact) mass is 332 g/mol. The molecule has 0 bridgehead atoms. The number of carbonyl (C=O) groups is 1. The first-order valence-corrected chi connectivity index (χ1v) is 8.39. The number of para-hydroxylation sites is 1. The topological polar surface area (TPSA) is 61.0 Å². The summed E-state index contributed by atoms with van der Waals surface area (Å²) in [6, 6.07) is 7.66. The molecule has 2 N–H and O–H groups in total. The smallest absolute Gasteiger partial charge is 0.225 e. The highest BCUT2D eigenvalue weighted by Gasteiger charge is 2.24. The Morgan fingerprint density at radius 1 is 1.39 bits per heavy atom. The average molecular weight is 333 g/mol. The number of nitrogens with zero attached hydrogens (tertiary/aromatic N) is 2. The summed E-state index contributed by atoms with van der Waals surface area (Å²) in [5, 5.41) is 10.4. The van der Waals surface area contributed by atoms with Crippen LogP contribution in [0, 0.1) is 0 Å². The van der Waals surface area contributed by atoms with E-state index in [1.54, 1.807) is 6.07 Å². The third kappa shape index (κ3) is 4.12. The average Bonchev–Trinajstić information content (AvgIpc) is 3.10. The number of anilines is 1. The number of aromatic nitrogens is 2. The van der Waals surface area contributed by atoms with Gasteiger partial charge in [0.05, 0.1) is 16.9 Å². The molecule has 1 saturated heterocycles. The number of nitrogens with one attached hydrogen (secondary N) is 2. The molecule has 3 rings (SSSR count). The van der Waals surface area contributed by atoms with Gasteiger partial charge in [0.1, 0.15) is 0 Å². The van der Waals surface area contributed by atoms with Gasteiger partial charge in [0.2, 0.25) is 5.91 Å². The minimum absolute atomic E-state index is 0.00498. The molecule has 1 aliphatic heterocycles. The number of amides is 1. The molecule has 6 heteroatoms. The molecule has 0 saturated carbocycles. The zero-order chi connectivity index (χ0) is 16.1.